The first kappa shape index (κ1) is 16.8. The highest BCUT2D eigenvalue weighted by molar-refractivity contribution is 4.50. The highest BCUT2D eigenvalue weighted by Gasteiger charge is 2.12. The molecule has 0 rings (SSSR count). The van der Waals surface area contributed by atoms with Crippen LogP contribution in [0.15, 0.2) is 0 Å². The Kier molecular flexibility index (Phi) is 8.78. The molecule has 104 valence electrons. The molecule has 0 aromatic heterocycles. The molecule has 0 aromatic carbocycles. The van der Waals surface area contributed by atoms with Crippen molar-refractivity contribution < 1.29 is 18.9 Å². The van der Waals surface area contributed by atoms with Crippen molar-refractivity contribution in [3.8, 4) is 0 Å². The second-order valence-electron chi connectivity index (χ2n) is 4.78. The average molecular weight is 248 g/mol. The first-order valence-corrected chi connectivity index (χ1v) is 6.39. The summed E-state index contributed by atoms with van der Waals surface area (Å²) in [6, 6.07) is 0. The molecule has 4 nitrogen and oxygen atoms in total. The predicted octanol–water partition coefficient (Wildman–Crippen LogP) is 2.95. The third kappa shape index (κ3) is 10.7. The van der Waals surface area contributed by atoms with Gasteiger partial charge in [0.1, 0.15) is 0 Å². The summed E-state index contributed by atoms with van der Waals surface area (Å²) in [4.78, 5) is 0. The van der Waals surface area contributed by atoms with E-state index in [2.05, 4.69) is 0 Å². The summed E-state index contributed by atoms with van der Waals surface area (Å²) in [7, 11) is 0. The molecule has 0 aromatic rings. The van der Waals surface area contributed by atoms with Crippen LogP contribution in [-0.2, 0) is 18.9 Å². The zero-order valence-corrected chi connectivity index (χ0v) is 12.2. The van der Waals surface area contributed by atoms with Gasteiger partial charge in [-0.3, -0.25) is 0 Å². The van der Waals surface area contributed by atoms with Gasteiger partial charge < -0.3 is 18.9 Å². The molecule has 0 amide bonds. The Morgan fingerprint density at radius 3 is 1.59 bits per heavy atom. The molecule has 0 aliphatic carbocycles. The standard InChI is InChI=1S/C13H28O4/c1-9(2)15-12(6)14-8-11(5)17-13(7)16-10(3)4/h9-13H,8H2,1-7H3. The Morgan fingerprint density at radius 1 is 0.647 bits per heavy atom. The molecular formula is C13H28O4. The molecule has 3 atom stereocenters. The van der Waals surface area contributed by atoms with Crippen molar-refractivity contribution in [2.75, 3.05) is 6.61 Å². The van der Waals surface area contributed by atoms with E-state index in [1.165, 1.54) is 0 Å². The number of rotatable bonds is 9. The smallest absolute Gasteiger partial charge is 0.155 e. The normalized spacial score (nSPS) is 17.5. The lowest BCUT2D eigenvalue weighted by molar-refractivity contribution is -0.209. The molecule has 0 N–H and O–H groups in total. The van der Waals surface area contributed by atoms with E-state index in [-0.39, 0.29) is 30.9 Å². The summed E-state index contributed by atoms with van der Waals surface area (Å²) in [5.74, 6) is 0. The third-order valence-electron chi connectivity index (χ3n) is 1.92. The summed E-state index contributed by atoms with van der Waals surface area (Å²) >= 11 is 0. The van der Waals surface area contributed by atoms with Gasteiger partial charge in [-0.2, -0.15) is 0 Å². The minimum Gasteiger partial charge on any atom is -0.350 e. The van der Waals surface area contributed by atoms with E-state index in [9.17, 15) is 0 Å². The Hall–Kier alpha value is -0.160. The van der Waals surface area contributed by atoms with Gasteiger partial charge in [-0.15, -0.1) is 0 Å². The Bertz CT molecular complexity index is 182. The SMILES string of the molecule is CC(C)OC(C)OCC(C)OC(C)OC(C)C. The van der Waals surface area contributed by atoms with Gasteiger partial charge in [0, 0.05) is 0 Å². The van der Waals surface area contributed by atoms with Crippen LogP contribution in [0.3, 0.4) is 0 Å². The number of hydrogen-bond acceptors (Lipinski definition) is 4. The van der Waals surface area contributed by atoms with Crippen LogP contribution in [0.2, 0.25) is 0 Å². The topological polar surface area (TPSA) is 36.9 Å². The van der Waals surface area contributed by atoms with Gasteiger partial charge in [-0.1, -0.05) is 0 Å². The summed E-state index contributed by atoms with van der Waals surface area (Å²) in [5.41, 5.74) is 0. The first-order valence-electron chi connectivity index (χ1n) is 6.39. The lowest BCUT2D eigenvalue weighted by Gasteiger charge is -2.23. The molecule has 17 heavy (non-hydrogen) atoms. The molecule has 0 saturated heterocycles. The highest BCUT2D eigenvalue weighted by Crippen LogP contribution is 2.06. The van der Waals surface area contributed by atoms with Crippen molar-refractivity contribution in [2.24, 2.45) is 0 Å². The van der Waals surface area contributed by atoms with Crippen molar-refractivity contribution in [3.63, 3.8) is 0 Å². The third-order valence-corrected chi connectivity index (χ3v) is 1.92. The van der Waals surface area contributed by atoms with E-state index in [1.807, 2.05) is 48.5 Å². The van der Waals surface area contributed by atoms with E-state index >= 15 is 0 Å². The molecule has 0 saturated carbocycles. The van der Waals surface area contributed by atoms with Gasteiger partial charge >= 0.3 is 0 Å². The molecule has 0 radical (unpaired) electrons. The zero-order valence-electron chi connectivity index (χ0n) is 12.2. The molecule has 0 bridgehead atoms. The van der Waals surface area contributed by atoms with Crippen molar-refractivity contribution in [2.45, 2.75) is 79.4 Å². The van der Waals surface area contributed by atoms with Crippen LogP contribution < -0.4 is 0 Å². The number of hydrogen-bond donors (Lipinski definition) is 0. The van der Waals surface area contributed by atoms with E-state index in [1.54, 1.807) is 0 Å². The van der Waals surface area contributed by atoms with Crippen LogP contribution in [0.1, 0.15) is 48.5 Å². The lowest BCUT2D eigenvalue weighted by atomic mass is 10.4. The molecule has 3 unspecified atom stereocenters. The van der Waals surface area contributed by atoms with E-state index in [0.717, 1.165) is 0 Å². The van der Waals surface area contributed by atoms with Crippen LogP contribution in [0, 0.1) is 0 Å². The molecule has 0 spiro atoms. The fraction of sp³-hybridized carbons (Fsp3) is 1.00. The first-order chi connectivity index (χ1) is 7.81. The second kappa shape index (κ2) is 8.86. The van der Waals surface area contributed by atoms with Crippen molar-refractivity contribution in [3.05, 3.63) is 0 Å². The van der Waals surface area contributed by atoms with Crippen LogP contribution >= 0.6 is 0 Å². The van der Waals surface area contributed by atoms with Crippen LogP contribution in [0.25, 0.3) is 0 Å². The molecule has 0 aliphatic heterocycles. The summed E-state index contributed by atoms with van der Waals surface area (Å²) < 4.78 is 22.1. The van der Waals surface area contributed by atoms with Crippen molar-refractivity contribution in [1.82, 2.24) is 0 Å². The van der Waals surface area contributed by atoms with E-state index in [0.29, 0.717) is 6.61 Å². The maximum atomic E-state index is 5.61. The zero-order chi connectivity index (χ0) is 13.4. The van der Waals surface area contributed by atoms with Crippen LogP contribution in [0.4, 0.5) is 0 Å². The lowest BCUT2D eigenvalue weighted by Crippen LogP contribution is -2.28. The largest absolute Gasteiger partial charge is 0.350 e. The maximum absolute atomic E-state index is 5.61. The molecule has 0 aliphatic rings. The molecule has 4 heteroatoms. The monoisotopic (exact) mass is 248 g/mol. The van der Waals surface area contributed by atoms with Gasteiger partial charge in [0.2, 0.25) is 0 Å². The maximum Gasteiger partial charge on any atom is 0.155 e. The number of ether oxygens (including phenoxy) is 4. The van der Waals surface area contributed by atoms with Crippen LogP contribution in [0.5, 0.6) is 0 Å². The summed E-state index contributed by atoms with van der Waals surface area (Å²) in [6.45, 7) is 14.2. The minimum absolute atomic E-state index is 0.0121. The van der Waals surface area contributed by atoms with Crippen molar-refractivity contribution in [1.29, 1.82) is 0 Å². The van der Waals surface area contributed by atoms with Gasteiger partial charge in [0.25, 0.3) is 0 Å². The highest BCUT2D eigenvalue weighted by atomic mass is 16.7. The second-order valence-corrected chi connectivity index (χ2v) is 4.78. The fourth-order valence-electron chi connectivity index (χ4n) is 1.48. The van der Waals surface area contributed by atoms with Crippen molar-refractivity contribution >= 4 is 0 Å². The molecule has 0 heterocycles. The molecular weight excluding hydrogens is 220 g/mol. The van der Waals surface area contributed by atoms with E-state index in [4.69, 9.17) is 18.9 Å². The van der Waals surface area contributed by atoms with Gasteiger partial charge in [0.15, 0.2) is 12.6 Å². The quantitative estimate of drug-likeness (QED) is 0.588. The average Bonchev–Trinajstić information content (AvgIpc) is 2.12. The fourth-order valence-corrected chi connectivity index (χ4v) is 1.48. The Morgan fingerprint density at radius 2 is 1.12 bits per heavy atom. The van der Waals surface area contributed by atoms with Gasteiger partial charge in [-0.25, -0.2) is 0 Å². The van der Waals surface area contributed by atoms with Gasteiger partial charge in [0.05, 0.1) is 24.9 Å². The molecule has 0 fully saturated rings. The minimum atomic E-state index is -0.213. The Balaban J connectivity index is 3.67. The summed E-state index contributed by atoms with van der Waals surface area (Å²) in [5, 5.41) is 0. The van der Waals surface area contributed by atoms with E-state index < -0.39 is 0 Å². The van der Waals surface area contributed by atoms with Gasteiger partial charge in [-0.05, 0) is 48.5 Å². The predicted molar refractivity (Wildman–Crippen MR) is 67.9 cm³/mol. The van der Waals surface area contributed by atoms with Crippen LogP contribution in [-0.4, -0.2) is 37.5 Å². The Labute approximate surface area is 106 Å². The summed E-state index contributed by atoms with van der Waals surface area (Å²) in [6.07, 6.45) is -0.0926.